The molecule has 1 aliphatic rings. The van der Waals surface area contributed by atoms with Crippen molar-refractivity contribution in [3.8, 4) is 5.75 Å². The van der Waals surface area contributed by atoms with Crippen molar-refractivity contribution in [1.29, 1.82) is 0 Å². The number of carbonyl (C=O) groups excluding carboxylic acids is 1. The number of rotatable bonds is 7. The Morgan fingerprint density at radius 2 is 1.53 bits per heavy atom. The summed E-state index contributed by atoms with van der Waals surface area (Å²) in [5, 5.41) is 16.6. The van der Waals surface area contributed by atoms with Gasteiger partial charge in [0, 0.05) is 18.2 Å². The van der Waals surface area contributed by atoms with Crippen LogP contribution in [-0.2, 0) is 11.2 Å². The molecule has 1 heterocycles. The maximum atomic E-state index is 13.3. The molecule has 4 aromatic rings. The van der Waals surface area contributed by atoms with Crippen LogP contribution in [0.15, 0.2) is 91.0 Å². The lowest BCUT2D eigenvalue weighted by atomic mass is 9.83. The highest BCUT2D eigenvalue weighted by Gasteiger charge is 2.27. The summed E-state index contributed by atoms with van der Waals surface area (Å²) in [6.45, 7) is 4.66. The molecule has 1 aliphatic heterocycles. The molecule has 5 nitrogen and oxygen atoms in total. The van der Waals surface area contributed by atoms with Gasteiger partial charge in [-0.2, -0.15) is 0 Å². The maximum Gasteiger partial charge on any atom is 0.237 e. The van der Waals surface area contributed by atoms with Gasteiger partial charge >= 0.3 is 0 Å². The van der Waals surface area contributed by atoms with Crippen molar-refractivity contribution >= 4 is 11.6 Å². The second-order valence-corrected chi connectivity index (χ2v) is 10.2. The molecule has 0 radical (unpaired) electrons. The lowest BCUT2D eigenvalue weighted by molar-refractivity contribution is -0.123. The third-order valence-corrected chi connectivity index (χ3v) is 7.56. The number of carbonyl (C=O) groups is 1. The summed E-state index contributed by atoms with van der Waals surface area (Å²) in [6.07, 6.45) is 1.21. The second kappa shape index (κ2) is 11.1. The summed E-state index contributed by atoms with van der Waals surface area (Å²) in [5.41, 5.74) is 15.1. The van der Waals surface area contributed by atoms with E-state index in [1.807, 2.05) is 26.0 Å². The highest BCUT2D eigenvalue weighted by molar-refractivity contribution is 5.83. The molecular formula is C33H35N3O2. The number of hydrogen-bond donors (Lipinski definition) is 4. The Morgan fingerprint density at radius 3 is 2.13 bits per heavy atom. The number of amides is 1. The number of hydrogen-bond acceptors (Lipinski definition) is 4. The zero-order valence-electron chi connectivity index (χ0n) is 21.9. The van der Waals surface area contributed by atoms with Gasteiger partial charge in [-0.15, -0.1) is 0 Å². The van der Waals surface area contributed by atoms with Crippen LogP contribution in [0.4, 0.5) is 5.69 Å². The van der Waals surface area contributed by atoms with Crippen molar-refractivity contribution in [3.05, 3.63) is 130 Å². The minimum absolute atomic E-state index is 0.0867. The van der Waals surface area contributed by atoms with E-state index in [-0.39, 0.29) is 23.6 Å². The van der Waals surface area contributed by atoms with Gasteiger partial charge in [0.15, 0.2) is 0 Å². The molecule has 4 aromatic carbocycles. The van der Waals surface area contributed by atoms with Gasteiger partial charge in [-0.3, -0.25) is 4.79 Å². The van der Waals surface area contributed by atoms with E-state index in [2.05, 4.69) is 77.4 Å². The molecule has 0 bridgehead atoms. The van der Waals surface area contributed by atoms with Crippen molar-refractivity contribution in [2.24, 2.45) is 5.73 Å². The minimum atomic E-state index is -0.681. The van der Waals surface area contributed by atoms with Gasteiger partial charge in [0.1, 0.15) is 5.75 Å². The van der Waals surface area contributed by atoms with E-state index >= 15 is 0 Å². The van der Waals surface area contributed by atoms with E-state index in [4.69, 9.17) is 5.73 Å². The van der Waals surface area contributed by atoms with E-state index in [0.717, 1.165) is 40.9 Å². The fourth-order valence-corrected chi connectivity index (χ4v) is 5.62. The number of aromatic hydroxyl groups is 1. The Balaban J connectivity index is 1.41. The van der Waals surface area contributed by atoms with Gasteiger partial charge in [-0.05, 0) is 83.8 Å². The predicted octanol–water partition coefficient (Wildman–Crippen LogP) is 5.73. The summed E-state index contributed by atoms with van der Waals surface area (Å²) in [4.78, 5) is 13.3. The highest BCUT2D eigenvalue weighted by Crippen LogP contribution is 2.37. The standard InChI is InChI=1S/C33H35N3O2/c1-21-17-26(37)18-22(2)27(21)20-29(34)33(38)36-31-15-16-35-30-14-13-25(19-28(30)31)32(23-9-5-3-6-10-23)24-11-7-4-8-12-24/h3-14,17-19,29,31-32,35,37H,15-16,20,34H2,1-2H3,(H,36,38)/t29-,31+/m0/s1. The lowest BCUT2D eigenvalue weighted by Gasteiger charge is -2.30. The number of benzene rings is 4. The van der Waals surface area contributed by atoms with Crippen LogP contribution in [0.3, 0.4) is 0 Å². The van der Waals surface area contributed by atoms with Crippen LogP contribution < -0.4 is 16.4 Å². The maximum absolute atomic E-state index is 13.3. The quantitative estimate of drug-likeness (QED) is 0.242. The van der Waals surface area contributed by atoms with Gasteiger partial charge < -0.3 is 21.5 Å². The summed E-state index contributed by atoms with van der Waals surface area (Å²) >= 11 is 0. The zero-order chi connectivity index (χ0) is 26.6. The molecule has 0 aromatic heterocycles. The Morgan fingerprint density at radius 1 is 0.921 bits per heavy atom. The van der Waals surface area contributed by atoms with E-state index in [9.17, 15) is 9.90 Å². The number of fused-ring (bicyclic) bond motifs is 1. The Kier molecular flexibility index (Phi) is 7.47. The third-order valence-electron chi connectivity index (χ3n) is 7.56. The van der Waals surface area contributed by atoms with Crippen molar-refractivity contribution in [2.75, 3.05) is 11.9 Å². The molecule has 5 rings (SSSR count). The van der Waals surface area contributed by atoms with E-state index in [1.165, 1.54) is 16.7 Å². The fourth-order valence-electron chi connectivity index (χ4n) is 5.62. The molecule has 0 saturated carbocycles. The van der Waals surface area contributed by atoms with Crippen LogP contribution in [0.5, 0.6) is 5.75 Å². The number of anilines is 1. The van der Waals surface area contributed by atoms with Crippen molar-refractivity contribution in [3.63, 3.8) is 0 Å². The fraction of sp³-hybridized carbons (Fsp3) is 0.242. The second-order valence-electron chi connectivity index (χ2n) is 10.2. The normalized spacial score (nSPS) is 15.4. The first kappa shape index (κ1) is 25.6. The van der Waals surface area contributed by atoms with E-state index < -0.39 is 6.04 Å². The molecule has 38 heavy (non-hydrogen) atoms. The number of nitrogens with two attached hydrogens (primary N) is 1. The third kappa shape index (κ3) is 5.43. The van der Waals surface area contributed by atoms with Crippen LogP contribution in [-0.4, -0.2) is 23.6 Å². The zero-order valence-corrected chi connectivity index (χ0v) is 21.9. The largest absolute Gasteiger partial charge is 0.508 e. The average molecular weight is 506 g/mol. The molecule has 1 amide bonds. The average Bonchev–Trinajstić information content (AvgIpc) is 2.92. The molecule has 0 spiro atoms. The van der Waals surface area contributed by atoms with Gasteiger partial charge in [-0.1, -0.05) is 72.8 Å². The molecule has 0 saturated heterocycles. The van der Waals surface area contributed by atoms with E-state index in [0.29, 0.717) is 6.42 Å². The summed E-state index contributed by atoms with van der Waals surface area (Å²) in [7, 11) is 0. The molecule has 5 heteroatoms. The summed E-state index contributed by atoms with van der Waals surface area (Å²) in [5.74, 6) is 0.152. The first-order valence-electron chi connectivity index (χ1n) is 13.2. The van der Waals surface area contributed by atoms with Gasteiger partial charge in [0.05, 0.1) is 12.1 Å². The predicted molar refractivity (Wildman–Crippen MR) is 154 cm³/mol. The highest BCUT2D eigenvalue weighted by atomic mass is 16.3. The van der Waals surface area contributed by atoms with Crippen LogP contribution in [0, 0.1) is 13.8 Å². The molecule has 2 atom stereocenters. The van der Waals surface area contributed by atoms with Crippen molar-refractivity contribution < 1.29 is 9.90 Å². The Labute approximate surface area is 224 Å². The van der Waals surface area contributed by atoms with Crippen LogP contribution in [0.25, 0.3) is 0 Å². The smallest absolute Gasteiger partial charge is 0.237 e. The van der Waals surface area contributed by atoms with Gasteiger partial charge in [-0.25, -0.2) is 0 Å². The molecule has 0 fully saturated rings. The van der Waals surface area contributed by atoms with Crippen LogP contribution in [0.2, 0.25) is 0 Å². The van der Waals surface area contributed by atoms with Gasteiger partial charge in [0.2, 0.25) is 5.91 Å². The Bertz CT molecular complexity index is 1360. The van der Waals surface area contributed by atoms with E-state index in [1.54, 1.807) is 12.1 Å². The topological polar surface area (TPSA) is 87.4 Å². The van der Waals surface area contributed by atoms with Crippen molar-refractivity contribution in [2.45, 2.75) is 44.7 Å². The molecular weight excluding hydrogens is 470 g/mol. The SMILES string of the molecule is Cc1cc(O)cc(C)c1C[C@H](N)C(=O)N[C@@H]1CCNc2ccc(C(c3ccccc3)c3ccccc3)cc21. The first-order valence-corrected chi connectivity index (χ1v) is 13.2. The minimum Gasteiger partial charge on any atom is -0.508 e. The summed E-state index contributed by atoms with van der Waals surface area (Å²) < 4.78 is 0. The van der Waals surface area contributed by atoms with Crippen molar-refractivity contribution in [1.82, 2.24) is 5.32 Å². The molecule has 5 N–H and O–H groups in total. The first-order chi connectivity index (χ1) is 18.4. The van der Waals surface area contributed by atoms with Crippen LogP contribution >= 0.6 is 0 Å². The lowest BCUT2D eigenvalue weighted by Crippen LogP contribution is -2.44. The summed E-state index contributed by atoms with van der Waals surface area (Å²) in [6, 6.07) is 30.2. The van der Waals surface area contributed by atoms with Gasteiger partial charge in [0.25, 0.3) is 0 Å². The number of phenolic OH excluding ortho intramolecular Hbond substituents is 1. The monoisotopic (exact) mass is 505 g/mol. The molecule has 0 unspecified atom stereocenters. The molecule has 0 aliphatic carbocycles. The van der Waals surface area contributed by atoms with Crippen LogP contribution in [0.1, 0.15) is 57.3 Å². The Hall–Kier alpha value is -4.09. The number of aryl methyl sites for hydroxylation is 2. The number of nitrogens with one attached hydrogen (secondary N) is 2. The number of phenols is 1. The molecule has 194 valence electrons.